The number of nitrogens with zero attached hydrogens (tertiary/aromatic N) is 3. The molecule has 0 aliphatic rings. The normalized spacial score (nSPS) is 10.8. The monoisotopic (exact) mass is 271 g/mol. The minimum absolute atomic E-state index is 0.750. The van der Waals surface area contributed by atoms with Crippen LogP contribution in [0.2, 0.25) is 0 Å². The highest BCUT2D eigenvalue weighted by Crippen LogP contribution is 2.30. The molecule has 0 atom stereocenters. The molecule has 0 bridgehead atoms. The summed E-state index contributed by atoms with van der Waals surface area (Å²) in [7, 11) is 1.68. The smallest absolute Gasteiger partial charge is 0.207 e. The highest BCUT2D eigenvalue weighted by molar-refractivity contribution is 7.98. The molecular formula is C14H13N3OS. The van der Waals surface area contributed by atoms with Crippen molar-refractivity contribution in [3.8, 4) is 17.0 Å². The van der Waals surface area contributed by atoms with Gasteiger partial charge in [0.15, 0.2) is 0 Å². The third-order valence-electron chi connectivity index (χ3n) is 2.94. The molecule has 0 N–H and O–H groups in total. The van der Waals surface area contributed by atoms with Crippen LogP contribution in [0.4, 0.5) is 0 Å². The molecule has 0 unspecified atom stereocenters. The van der Waals surface area contributed by atoms with Crippen molar-refractivity contribution in [3.63, 3.8) is 0 Å². The fourth-order valence-electron chi connectivity index (χ4n) is 2.04. The zero-order valence-corrected chi connectivity index (χ0v) is 11.5. The number of hydrogen-bond acceptors (Lipinski definition) is 4. The van der Waals surface area contributed by atoms with Crippen LogP contribution in [-0.2, 0) is 0 Å². The van der Waals surface area contributed by atoms with Crippen LogP contribution in [0.25, 0.3) is 16.8 Å². The number of benzene rings is 1. The summed E-state index contributed by atoms with van der Waals surface area (Å²) < 4.78 is 7.31. The minimum atomic E-state index is 0.750. The lowest BCUT2D eigenvalue weighted by atomic mass is 10.1. The molecule has 5 heteroatoms. The van der Waals surface area contributed by atoms with Crippen molar-refractivity contribution < 1.29 is 4.74 Å². The van der Waals surface area contributed by atoms with Crippen molar-refractivity contribution in [1.82, 2.24) is 14.6 Å². The molecule has 2 heterocycles. The average molecular weight is 271 g/mol. The standard InChI is InChI=1S/C14H13N3OS/c1-18-13-6-4-3-5-11(13)12-8-7-10-9-15-14(19-2)16-17(10)12/h3-9H,1-2H3. The zero-order valence-electron chi connectivity index (χ0n) is 10.7. The van der Waals surface area contributed by atoms with Gasteiger partial charge in [0.1, 0.15) is 5.75 Å². The van der Waals surface area contributed by atoms with Gasteiger partial charge in [-0.25, -0.2) is 9.50 Å². The second kappa shape index (κ2) is 4.93. The van der Waals surface area contributed by atoms with Gasteiger partial charge < -0.3 is 4.74 Å². The molecule has 19 heavy (non-hydrogen) atoms. The maximum absolute atomic E-state index is 5.41. The highest BCUT2D eigenvalue weighted by atomic mass is 32.2. The Morgan fingerprint density at radius 2 is 2.00 bits per heavy atom. The molecule has 96 valence electrons. The van der Waals surface area contributed by atoms with Gasteiger partial charge in [-0.1, -0.05) is 23.9 Å². The van der Waals surface area contributed by atoms with E-state index < -0.39 is 0 Å². The van der Waals surface area contributed by atoms with Crippen molar-refractivity contribution in [3.05, 3.63) is 42.6 Å². The first-order chi connectivity index (χ1) is 9.33. The molecule has 0 fully saturated rings. The van der Waals surface area contributed by atoms with Crippen LogP contribution >= 0.6 is 11.8 Å². The summed E-state index contributed by atoms with van der Waals surface area (Å²) in [6, 6.07) is 12.0. The molecule has 0 radical (unpaired) electrons. The Morgan fingerprint density at radius 3 is 2.79 bits per heavy atom. The van der Waals surface area contributed by atoms with E-state index in [1.807, 2.05) is 53.4 Å². The quantitative estimate of drug-likeness (QED) is 0.686. The summed E-state index contributed by atoms with van der Waals surface area (Å²) >= 11 is 1.53. The third-order valence-corrected chi connectivity index (χ3v) is 3.50. The van der Waals surface area contributed by atoms with Crippen LogP contribution in [0.15, 0.2) is 47.8 Å². The molecule has 0 amide bonds. The molecule has 0 spiro atoms. The van der Waals surface area contributed by atoms with Gasteiger partial charge in [-0.2, -0.15) is 0 Å². The van der Waals surface area contributed by atoms with Crippen molar-refractivity contribution in [2.45, 2.75) is 5.16 Å². The van der Waals surface area contributed by atoms with E-state index in [0.29, 0.717) is 0 Å². The Labute approximate surface area is 115 Å². The van der Waals surface area contributed by atoms with Crippen LogP contribution < -0.4 is 4.74 Å². The minimum Gasteiger partial charge on any atom is -0.496 e. The summed E-state index contributed by atoms with van der Waals surface area (Å²) in [5.74, 6) is 0.840. The number of aromatic nitrogens is 3. The van der Waals surface area contributed by atoms with Crippen LogP contribution in [-0.4, -0.2) is 28.0 Å². The summed E-state index contributed by atoms with van der Waals surface area (Å²) in [6.45, 7) is 0. The number of methoxy groups -OCH3 is 1. The van der Waals surface area contributed by atoms with E-state index in [1.54, 1.807) is 7.11 Å². The van der Waals surface area contributed by atoms with Crippen molar-refractivity contribution in [1.29, 1.82) is 0 Å². The maximum atomic E-state index is 5.41. The number of hydrogen-bond donors (Lipinski definition) is 0. The third kappa shape index (κ3) is 2.06. The Bertz CT molecular complexity index is 724. The van der Waals surface area contributed by atoms with Gasteiger partial charge >= 0.3 is 0 Å². The summed E-state index contributed by atoms with van der Waals surface area (Å²) in [5, 5.41) is 5.27. The van der Waals surface area contributed by atoms with Gasteiger partial charge in [0.2, 0.25) is 5.16 Å². The molecule has 0 aliphatic heterocycles. The highest BCUT2D eigenvalue weighted by Gasteiger charge is 2.11. The lowest BCUT2D eigenvalue weighted by Gasteiger charge is -2.08. The molecular weight excluding hydrogens is 258 g/mol. The molecule has 3 rings (SSSR count). The van der Waals surface area contributed by atoms with E-state index in [9.17, 15) is 0 Å². The van der Waals surface area contributed by atoms with Gasteiger partial charge in [0.05, 0.1) is 24.5 Å². The lowest BCUT2D eigenvalue weighted by Crippen LogP contribution is -1.98. The fourth-order valence-corrected chi connectivity index (χ4v) is 2.36. The molecule has 0 saturated carbocycles. The van der Waals surface area contributed by atoms with E-state index >= 15 is 0 Å². The molecule has 1 aromatic carbocycles. The number of para-hydroxylation sites is 1. The number of fused-ring (bicyclic) bond motifs is 1. The van der Waals surface area contributed by atoms with Crippen molar-refractivity contribution >= 4 is 17.3 Å². The Balaban J connectivity index is 2.24. The van der Waals surface area contributed by atoms with Gasteiger partial charge in [0, 0.05) is 5.56 Å². The predicted octanol–water partition coefficient (Wildman–Crippen LogP) is 3.13. The van der Waals surface area contributed by atoms with Gasteiger partial charge in [0.25, 0.3) is 0 Å². The first kappa shape index (κ1) is 12.0. The van der Waals surface area contributed by atoms with Crippen LogP contribution in [0.5, 0.6) is 5.75 Å². The topological polar surface area (TPSA) is 39.4 Å². The average Bonchev–Trinajstić information content (AvgIpc) is 2.89. The summed E-state index contributed by atoms with van der Waals surface area (Å²) in [6.07, 6.45) is 3.80. The number of rotatable bonds is 3. The van der Waals surface area contributed by atoms with Crippen molar-refractivity contribution in [2.75, 3.05) is 13.4 Å². The Morgan fingerprint density at radius 1 is 1.16 bits per heavy atom. The first-order valence-corrected chi connectivity index (χ1v) is 7.08. The van der Waals surface area contributed by atoms with E-state index in [-0.39, 0.29) is 0 Å². The largest absolute Gasteiger partial charge is 0.496 e. The zero-order chi connectivity index (χ0) is 13.2. The second-order valence-electron chi connectivity index (χ2n) is 4.00. The van der Waals surface area contributed by atoms with Gasteiger partial charge in [-0.15, -0.1) is 5.10 Å². The predicted molar refractivity (Wildman–Crippen MR) is 76.8 cm³/mol. The van der Waals surface area contributed by atoms with Crippen LogP contribution in [0.1, 0.15) is 0 Å². The van der Waals surface area contributed by atoms with Crippen molar-refractivity contribution in [2.24, 2.45) is 0 Å². The number of ether oxygens (including phenoxy) is 1. The molecule has 0 saturated heterocycles. The molecule has 0 aliphatic carbocycles. The molecule has 2 aromatic heterocycles. The molecule has 4 nitrogen and oxygen atoms in total. The summed E-state index contributed by atoms with van der Waals surface area (Å²) in [4.78, 5) is 4.27. The van der Waals surface area contributed by atoms with E-state index in [2.05, 4.69) is 10.1 Å². The Hall–Kier alpha value is -2.01. The first-order valence-electron chi connectivity index (χ1n) is 5.85. The maximum Gasteiger partial charge on any atom is 0.207 e. The SMILES string of the molecule is COc1ccccc1-c1ccc2cnc(SC)nn12. The lowest BCUT2D eigenvalue weighted by molar-refractivity contribution is 0.416. The van der Waals surface area contributed by atoms with E-state index in [1.165, 1.54) is 11.8 Å². The Kier molecular flexibility index (Phi) is 3.13. The van der Waals surface area contributed by atoms with E-state index in [0.717, 1.165) is 27.7 Å². The van der Waals surface area contributed by atoms with Crippen LogP contribution in [0.3, 0.4) is 0 Å². The molecule has 3 aromatic rings. The van der Waals surface area contributed by atoms with Gasteiger partial charge in [-0.3, -0.25) is 0 Å². The summed E-state index contributed by atoms with van der Waals surface area (Å²) in [5.41, 5.74) is 3.00. The second-order valence-corrected chi connectivity index (χ2v) is 4.77. The van der Waals surface area contributed by atoms with Crippen LogP contribution in [0, 0.1) is 0 Å². The number of thioether (sulfide) groups is 1. The fraction of sp³-hybridized carbons (Fsp3) is 0.143. The van der Waals surface area contributed by atoms with E-state index in [4.69, 9.17) is 4.74 Å². The van der Waals surface area contributed by atoms with Gasteiger partial charge in [-0.05, 0) is 30.5 Å².